The van der Waals surface area contributed by atoms with Gasteiger partial charge >= 0.3 is 0 Å². The van der Waals surface area contributed by atoms with Crippen molar-refractivity contribution in [3.05, 3.63) is 41.7 Å². The maximum atomic E-state index is 12.3. The Balaban J connectivity index is 1.45. The molecule has 7 heteroatoms. The molecule has 2 aromatic rings. The summed E-state index contributed by atoms with van der Waals surface area (Å²) in [7, 11) is 4.29. The van der Waals surface area contributed by atoms with E-state index in [1.165, 1.54) is 12.8 Å². The lowest BCUT2D eigenvalue weighted by Crippen LogP contribution is -2.42. The fraction of sp³-hybridized carbons (Fsp3) is 0.500. The number of rotatable bonds is 7. The molecule has 1 aromatic carbocycles. The van der Waals surface area contributed by atoms with Gasteiger partial charge in [0.05, 0.1) is 0 Å². The maximum Gasteiger partial charge on any atom is 0.227 e. The predicted octanol–water partition coefficient (Wildman–Crippen LogP) is 3.19. The molecule has 2 heterocycles. The normalized spacial score (nSPS) is 15.5. The second-order valence-corrected chi connectivity index (χ2v) is 7.99. The van der Waals surface area contributed by atoms with Crippen molar-refractivity contribution in [3.8, 4) is 0 Å². The molecule has 1 aliphatic rings. The Bertz CT molecular complexity index is 794. The van der Waals surface area contributed by atoms with Crippen molar-refractivity contribution in [1.29, 1.82) is 0 Å². The van der Waals surface area contributed by atoms with Crippen molar-refractivity contribution in [2.45, 2.75) is 39.2 Å². The number of amides is 1. The van der Waals surface area contributed by atoms with Crippen LogP contribution < -0.4 is 10.6 Å². The Morgan fingerprint density at radius 3 is 2.31 bits per heavy atom. The molecule has 2 N–H and O–H groups in total. The standard InChI is InChI=1S/C22H32N6O/c1-16-15-17(2)24-22(23-16)26-19-7-5-18(6-8-19)25-21(29)11-14-28(4)20-9-12-27(3)13-10-20/h5-8,15,20H,9-14H2,1-4H3,(H,25,29)(H,23,24,26). The Labute approximate surface area is 173 Å². The number of piperidine rings is 1. The third kappa shape index (κ3) is 6.51. The average Bonchev–Trinajstić information content (AvgIpc) is 2.67. The van der Waals surface area contributed by atoms with E-state index < -0.39 is 0 Å². The van der Waals surface area contributed by atoms with Crippen LogP contribution in [0.2, 0.25) is 0 Å². The molecule has 3 rings (SSSR count). The zero-order valence-electron chi connectivity index (χ0n) is 17.9. The van der Waals surface area contributed by atoms with Gasteiger partial charge in [-0.15, -0.1) is 0 Å². The van der Waals surface area contributed by atoms with E-state index in [1.807, 2.05) is 44.2 Å². The van der Waals surface area contributed by atoms with Gasteiger partial charge in [-0.05, 0) is 84.2 Å². The topological polar surface area (TPSA) is 73.4 Å². The minimum atomic E-state index is 0.0446. The molecule has 0 unspecified atom stereocenters. The Hall–Kier alpha value is -2.51. The number of hydrogen-bond acceptors (Lipinski definition) is 6. The van der Waals surface area contributed by atoms with Crippen molar-refractivity contribution in [2.24, 2.45) is 0 Å². The van der Waals surface area contributed by atoms with Gasteiger partial charge in [0.2, 0.25) is 11.9 Å². The lowest BCUT2D eigenvalue weighted by atomic mass is 10.0. The highest BCUT2D eigenvalue weighted by molar-refractivity contribution is 5.91. The number of aromatic nitrogens is 2. The summed E-state index contributed by atoms with van der Waals surface area (Å²) in [6.45, 7) is 6.94. The molecule has 0 spiro atoms. The number of nitrogens with one attached hydrogen (secondary N) is 2. The van der Waals surface area contributed by atoms with Crippen LogP contribution in [0.15, 0.2) is 30.3 Å². The molecule has 1 aromatic heterocycles. The molecule has 1 fully saturated rings. The van der Waals surface area contributed by atoms with E-state index in [2.05, 4.69) is 44.5 Å². The number of hydrogen-bond donors (Lipinski definition) is 2. The van der Waals surface area contributed by atoms with Crippen LogP contribution in [0.4, 0.5) is 17.3 Å². The van der Waals surface area contributed by atoms with Crippen molar-refractivity contribution >= 4 is 23.2 Å². The Morgan fingerprint density at radius 1 is 1.10 bits per heavy atom. The highest BCUT2D eigenvalue weighted by atomic mass is 16.1. The van der Waals surface area contributed by atoms with E-state index in [9.17, 15) is 4.79 Å². The Morgan fingerprint density at radius 2 is 1.69 bits per heavy atom. The van der Waals surface area contributed by atoms with Crippen molar-refractivity contribution in [3.63, 3.8) is 0 Å². The van der Waals surface area contributed by atoms with Gasteiger partial charge in [-0.3, -0.25) is 4.79 Å². The lowest BCUT2D eigenvalue weighted by molar-refractivity contribution is -0.116. The second kappa shape index (κ2) is 9.80. The van der Waals surface area contributed by atoms with Crippen molar-refractivity contribution in [1.82, 2.24) is 19.8 Å². The Kier molecular flexibility index (Phi) is 7.17. The first-order valence-corrected chi connectivity index (χ1v) is 10.3. The van der Waals surface area contributed by atoms with E-state index in [1.54, 1.807) is 0 Å². The molecule has 0 radical (unpaired) electrons. The molecule has 0 aliphatic carbocycles. The highest BCUT2D eigenvalue weighted by Gasteiger charge is 2.20. The third-order valence-electron chi connectivity index (χ3n) is 5.41. The van der Waals surface area contributed by atoms with Gasteiger partial charge in [0.25, 0.3) is 0 Å². The van der Waals surface area contributed by atoms with Crippen LogP contribution in [0.25, 0.3) is 0 Å². The van der Waals surface area contributed by atoms with Crippen LogP contribution in [-0.2, 0) is 4.79 Å². The van der Waals surface area contributed by atoms with Gasteiger partial charge in [0.1, 0.15) is 0 Å². The SMILES string of the molecule is Cc1cc(C)nc(Nc2ccc(NC(=O)CCN(C)C3CCN(C)CC3)cc2)n1. The first-order valence-electron chi connectivity index (χ1n) is 10.3. The predicted molar refractivity (Wildman–Crippen MR) is 118 cm³/mol. The van der Waals surface area contributed by atoms with E-state index >= 15 is 0 Å². The summed E-state index contributed by atoms with van der Waals surface area (Å²) < 4.78 is 0. The van der Waals surface area contributed by atoms with E-state index in [0.717, 1.165) is 42.4 Å². The number of carbonyl (C=O) groups is 1. The van der Waals surface area contributed by atoms with E-state index in [4.69, 9.17) is 0 Å². The van der Waals surface area contributed by atoms with Gasteiger partial charge in [-0.25, -0.2) is 9.97 Å². The third-order valence-corrected chi connectivity index (χ3v) is 5.41. The van der Waals surface area contributed by atoms with Crippen LogP contribution in [0.5, 0.6) is 0 Å². The maximum absolute atomic E-state index is 12.3. The summed E-state index contributed by atoms with van der Waals surface area (Å²) in [6, 6.07) is 10.1. The van der Waals surface area contributed by atoms with E-state index in [0.29, 0.717) is 18.4 Å². The molecule has 1 amide bonds. The fourth-order valence-corrected chi connectivity index (χ4v) is 3.67. The molecule has 0 saturated carbocycles. The average molecular weight is 397 g/mol. The summed E-state index contributed by atoms with van der Waals surface area (Å²) >= 11 is 0. The number of likely N-dealkylation sites (tertiary alicyclic amines) is 1. The summed E-state index contributed by atoms with van der Waals surface area (Å²) in [6.07, 6.45) is 2.85. The molecule has 0 atom stereocenters. The molecule has 156 valence electrons. The van der Waals surface area contributed by atoms with Crippen LogP contribution in [0.3, 0.4) is 0 Å². The molecular weight excluding hydrogens is 364 g/mol. The molecule has 0 bridgehead atoms. The fourth-order valence-electron chi connectivity index (χ4n) is 3.67. The molecular formula is C22H32N6O. The zero-order chi connectivity index (χ0) is 20.8. The number of nitrogens with zero attached hydrogens (tertiary/aromatic N) is 4. The number of benzene rings is 1. The van der Waals surface area contributed by atoms with Crippen LogP contribution in [-0.4, -0.2) is 65.4 Å². The molecule has 1 aliphatic heterocycles. The molecule has 7 nitrogen and oxygen atoms in total. The van der Waals surface area contributed by atoms with Crippen LogP contribution in [0.1, 0.15) is 30.7 Å². The summed E-state index contributed by atoms with van der Waals surface area (Å²) in [5.74, 6) is 0.624. The van der Waals surface area contributed by atoms with Crippen molar-refractivity contribution < 1.29 is 4.79 Å². The highest BCUT2D eigenvalue weighted by Crippen LogP contribution is 2.18. The van der Waals surface area contributed by atoms with Crippen LogP contribution >= 0.6 is 0 Å². The lowest BCUT2D eigenvalue weighted by Gasteiger charge is -2.35. The zero-order valence-corrected chi connectivity index (χ0v) is 17.9. The quantitative estimate of drug-likeness (QED) is 0.749. The minimum Gasteiger partial charge on any atom is -0.326 e. The summed E-state index contributed by atoms with van der Waals surface area (Å²) in [5, 5.41) is 6.18. The largest absolute Gasteiger partial charge is 0.326 e. The summed E-state index contributed by atoms with van der Waals surface area (Å²) in [5.41, 5.74) is 3.53. The number of anilines is 3. The molecule has 29 heavy (non-hydrogen) atoms. The first-order chi connectivity index (χ1) is 13.9. The van der Waals surface area contributed by atoms with Gasteiger partial charge in [-0.1, -0.05) is 0 Å². The number of carbonyl (C=O) groups excluding carboxylic acids is 1. The van der Waals surface area contributed by atoms with Crippen molar-refractivity contribution in [2.75, 3.05) is 44.4 Å². The van der Waals surface area contributed by atoms with Gasteiger partial charge in [-0.2, -0.15) is 0 Å². The second-order valence-electron chi connectivity index (χ2n) is 7.99. The minimum absolute atomic E-state index is 0.0446. The monoisotopic (exact) mass is 396 g/mol. The molecule has 1 saturated heterocycles. The van der Waals surface area contributed by atoms with Gasteiger partial charge < -0.3 is 20.4 Å². The van der Waals surface area contributed by atoms with E-state index in [-0.39, 0.29) is 5.91 Å². The van der Waals surface area contributed by atoms with Gasteiger partial charge in [0.15, 0.2) is 0 Å². The number of aryl methyl sites for hydroxylation is 2. The van der Waals surface area contributed by atoms with Gasteiger partial charge in [0, 0.05) is 41.8 Å². The summed E-state index contributed by atoms with van der Waals surface area (Å²) in [4.78, 5) is 25.8. The smallest absolute Gasteiger partial charge is 0.227 e. The van der Waals surface area contributed by atoms with Crippen LogP contribution in [0, 0.1) is 13.8 Å². The first kappa shape index (κ1) is 21.2.